The monoisotopic (exact) mass is 454 g/mol. The Kier molecular flexibility index (Phi) is 7.66. The molecule has 2 heterocycles. The molecule has 0 bridgehead atoms. The maximum Gasteiger partial charge on any atom is 0.252 e. The van der Waals surface area contributed by atoms with E-state index in [1.807, 2.05) is 24.3 Å². The number of halogens is 1. The van der Waals surface area contributed by atoms with E-state index in [-0.39, 0.29) is 11.7 Å². The van der Waals surface area contributed by atoms with Crippen LogP contribution in [0.3, 0.4) is 0 Å². The fourth-order valence-corrected chi connectivity index (χ4v) is 5.10. The zero-order valence-corrected chi connectivity index (χ0v) is 19.7. The fourth-order valence-electron chi connectivity index (χ4n) is 5.10. The molecule has 6 heteroatoms. The molecule has 0 unspecified atom stereocenters. The number of carbonyl (C=O) groups is 1. The number of benzene rings is 2. The summed E-state index contributed by atoms with van der Waals surface area (Å²) >= 11 is 0. The standard InChI is InChI=1S/C27H35FN2O3/c1-20-6-3-4-15-30(20)16-14-29-26(31)27(13-5-17-33-27)19-21-7-9-22(10-8-21)24-18-23(28)11-12-25(24)32-2/h7-12,18,20H,3-6,13-17,19H2,1-2H3,(H,29,31)/t20-,27+/m0/s1. The summed E-state index contributed by atoms with van der Waals surface area (Å²) < 4.78 is 25.2. The van der Waals surface area contributed by atoms with Crippen LogP contribution in [0.25, 0.3) is 11.1 Å². The van der Waals surface area contributed by atoms with Crippen molar-refractivity contribution in [3.63, 3.8) is 0 Å². The quantitative estimate of drug-likeness (QED) is 0.634. The highest BCUT2D eigenvalue weighted by atomic mass is 19.1. The molecule has 2 aromatic carbocycles. The van der Waals surface area contributed by atoms with Crippen LogP contribution in [0.1, 0.15) is 44.6 Å². The highest BCUT2D eigenvalue weighted by Crippen LogP contribution is 2.33. The van der Waals surface area contributed by atoms with Crippen molar-refractivity contribution in [3.8, 4) is 16.9 Å². The van der Waals surface area contributed by atoms with Crippen molar-refractivity contribution >= 4 is 5.91 Å². The molecule has 2 atom stereocenters. The van der Waals surface area contributed by atoms with Gasteiger partial charge < -0.3 is 14.8 Å². The molecule has 33 heavy (non-hydrogen) atoms. The Bertz CT molecular complexity index is 941. The summed E-state index contributed by atoms with van der Waals surface area (Å²) in [6, 6.07) is 13.0. The molecule has 2 aliphatic heterocycles. The van der Waals surface area contributed by atoms with Gasteiger partial charge in [-0.05, 0) is 68.5 Å². The lowest BCUT2D eigenvalue weighted by Gasteiger charge is -2.34. The van der Waals surface area contributed by atoms with Crippen molar-refractivity contribution in [1.82, 2.24) is 10.2 Å². The van der Waals surface area contributed by atoms with Gasteiger partial charge in [0.2, 0.25) is 0 Å². The average molecular weight is 455 g/mol. The summed E-state index contributed by atoms with van der Waals surface area (Å²) in [7, 11) is 1.58. The average Bonchev–Trinajstić information content (AvgIpc) is 3.30. The van der Waals surface area contributed by atoms with Crippen LogP contribution in [0.4, 0.5) is 4.39 Å². The maximum absolute atomic E-state index is 13.8. The van der Waals surface area contributed by atoms with E-state index < -0.39 is 5.60 Å². The van der Waals surface area contributed by atoms with Crippen LogP contribution >= 0.6 is 0 Å². The first-order chi connectivity index (χ1) is 16.0. The van der Waals surface area contributed by atoms with Crippen molar-refractivity contribution < 1.29 is 18.7 Å². The number of hydrogen-bond donors (Lipinski definition) is 1. The number of nitrogens with zero attached hydrogens (tertiary/aromatic N) is 1. The molecule has 0 aliphatic carbocycles. The van der Waals surface area contributed by atoms with Crippen LogP contribution in [0.2, 0.25) is 0 Å². The van der Waals surface area contributed by atoms with Gasteiger partial charge in [-0.25, -0.2) is 4.39 Å². The summed E-state index contributed by atoms with van der Waals surface area (Å²) in [5.41, 5.74) is 1.79. The highest BCUT2D eigenvalue weighted by Gasteiger charge is 2.42. The number of amides is 1. The van der Waals surface area contributed by atoms with Gasteiger partial charge in [0.05, 0.1) is 7.11 Å². The molecule has 5 nitrogen and oxygen atoms in total. The van der Waals surface area contributed by atoms with E-state index in [0.717, 1.165) is 37.1 Å². The lowest BCUT2D eigenvalue weighted by Crippen LogP contribution is -2.50. The van der Waals surface area contributed by atoms with Gasteiger partial charge in [0.1, 0.15) is 11.6 Å². The lowest BCUT2D eigenvalue weighted by molar-refractivity contribution is -0.141. The summed E-state index contributed by atoms with van der Waals surface area (Å²) in [6.07, 6.45) is 5.90. The first kappa shape index (κ1) is 23.7. The molecule has 0 saturated carbocycles. The molecule has 1 amide bonds. The molecule has 2 aromatic rings. The molecule has 1 N–H and O–H groups in total. The number of ether oxygens (including phenoxy) is 2. The third-order valence-electron chi connectivity index (χ3n) is 7.06. The van der Waals surface area contributed by atoms with E-state index >= 15 is 0 Å². The number of rotatable bonds is 8. The zero-order valence-electron chi connectivity index (χ0n) is 19.7. The molecule has 0 spiro atoms. The minimum Gasteiger partial charge on any atom is -0.496 e. The Labute approximate surface area is 196 Å². The molecule has 2 aliphatic rings. The molecular weight excluding hydrogens is 419 g/mol. The third-order valence-corrected chi connectivity index (χ3v) is 7.06. The van der Waals surface area contributed by atoms with E-state index in [0.29, 0.717) is 36.9 Å². The van der Waals surface area contributed by atoms with E-state index in [1.165, 1.54) is 31.4 Å². The number of hydrogen-bond acceptors (Lipinski definition) is 4. The first-order valence-electron chi connectivity index (χ1n) is 12.1. The lowest BCUT2D eigenvalue weighted by atomic mass is 9.89. The van der Waals surface area contributed by atoms with Gasteiger partial charge >= 0.3 is 0 Å². The minimum absolute atomic E-state index is 0.0134. The van der Waals surface area contributed by atoms with Gasteiger partial charge in [-0.2, -0.15) is 0 Å². The van der Waals surface area contributed by atoms with Crippen LogP contribution in [0.5, 0.6) is 5.75 Å². The SMILES string of the molecule is COc1ccc(F)cc1-c1ccc(C[C@@]2(C(=O)NCCN3CCCC[C@@H]3C)CCCO2)cc1. The van der Waals surface area contributed by atoms with E-state index in [9.17, 15) is 9.18 Å². The number of piperidine rings is 1. The number of methoxy groups -OCH3 is 1. The van der Waals surface area contributed by atoms with Crippen molar-refractivity contribution in [2.24, 2.45) is 0 Å². The van der Waals surface area contributed by atoms with Crippen LogP contribution < -0.4 is 10.1 Å². The van der Waals surface area contributed by atoms with Gasteiger partial charge in [-0.3, -0.25) is 9.69 Å². The smallest absolute Gasteiger partial charge is 0.252 e. The van der Waals surface area contributed by atoms with Crippen molar-refractivity contribution in [1.29, 1.82) is 0 Å². The zero-order chi connectivity index (χ0) is 23.3. The second-order valence-corrected chi connectivity index (χ2v) is 9.30. The Balaban J connectivity index is 1.41. The van der Waals surface area contributed by atoms with Gasteiger partial charge in [0.15, 0.2) is 5.60 Å². The van der Waals surface area contributed by atoms with Crippen LogP contribution in [0.15, 0.2) is 42.5 Å². The van der Waals surface area contributed by atoms with Crippen LogP contribution in [-0.4, -0.2) is 55.8 Å². The molecule has 2 saturated heterocycles. The van der Waals surface area contributed by atoms with Crippen LogP contribution in [-0.2, 0) is 16.0 Å². The van der Waals surface area contributed by atoms with Crippen molar-refractivity contribution in [2.45, 2.75) is 57.1 Å². The summed E-state index contributed by atoms with van der Waals surface area (Å²) in [5.74, 6) is 0.312. The Morgan fingerprint density at radius 3 is 2.73 bits per heavy atom. The molecule has 2 fully saturated rings. The van der Waals surface area contributed by atoms with Crippen molar-refractivity contribution in [3.05, 3.63) is 53.8 Å². The first-order valence-corrected chi connectivity index (χ1v) is 12.1. The molecular formula is C27H35FN2O3. The van der Waals surface area contributed by atoms with Gasteiger partial charge in [0, 0.05) is 37.7 Å². The minimum atomic E-state index is -0.814. The molecule has 178 valence electrons. The predicted octanol–water partition coefficient (Wildman–Crippen LogP) is 4.58. The van der Waals surface area contributed by atoms with Crippen LogP contribution in [0, 0.1) is 5.82 Å². The Morgan fingerprint density at radius 2 is 2.03 bits per heavy atom. The molecule has 4 rings (SSSR count). The van der Waals surface area contributed by atoms with E-state index in [1.54, 1.807) is 13.2 Å². The predicted molar refractivity (Wildman–Crippen MR) is 128 cm³/mol. The van der Waals surface area contributed by atoms with Gasteiger partial charge in [-0.15, -0.1) is 0 Å². The topological polar surface area (TPSA) is 50.8 Å². The fraction of sp³-hybridized carbons (Fsp3) is 0.519. The van der Waals surface area contributed by atoms with Gasteiger partial charge in [0.25, 0.3) is 5.91 Å². The van der Waals surface area contributed by atoms with Crippen molar-refractivity contribution in [2.75, 3.05) is 33.4 Å². The maximum atomic E-state index is 13.8. The summed E-state index contributed by atoms with van der Waals surface area (Å²) in [4.78, 5) is 15.7. The second kappa shape index (κ2) is 10.7. The second-order valence-electron chi connectivity index (χ2n) is 9.30. The summed E-state index contributed by atoms with van der Waals surface area (Å²) in [6.45, 7) is 5.52. The third kappa shape index (κ3) is 5.56. The van der Waals surface area contributed by atoms with E-state index in [4.69, 9.17) is 9.47 Å². The number of nitrogens with one attached hydrogen (secondary N) is 1. The normalized spacial score (nSPS) is 23.4. The highest BCUT2D eigenvalue weighted by molar-refractivity contribution is 5.86. The number of carbonyl (C=O) groups excluding carboxylic acids is 1. The molecule has 0 aromatic heterocycles. The van der Waals surface area contributed by atoms with E-state index in [2.05, 4.69) is 17.1 Å². The Morgan fingerprint density at radius 1 is 1.21 bits per heavy atom. The Hall–Kier alpha value is -2.44. The molecule has 0 radical (unpaired) electrons. The number of likely N-dealkylation sites (tertiary alicyclic amines) is 1. The summed E-state index contributed by atoms with van der Waals surface area (Å²) in [5, 5.41) is 3.15. The largest absolute Gasteiger partial charge is 0.496 e. The van der Waals surface area contributed by atoms with Gasteiger partial charge in [-0.1, -0.05) is 30.7 Å².